The number of fused-ring (bicyclic) bond motifs is 2. The van der Waals surface area contributed by atoms with E-state index in [0.717, 1.165) is 44.6 Å². The van der Waals surface area contributed by atoms with Crippen LogP contribution in [0.4, 0.5) is 13.2 Å². The Kier molecular flexibility index (Phi) is 8.05. The minimum atomic E-state index is -4.39. The molecule has 35 heavy (non-hydrogen) atoms. The van der Waals surface area contributed by atoms with Gasteiger partial charge in [0.15, 0.2) is 0 Å². The van der Waals surface area contributed by atoms with Crippen LogP contribution in [0.2, 0.25) is 0 Å². The molecule has 0 aromatic heterocycles. The second kappa shape index (κ2) is 11.0. The van der Waals surface area contributed by atoms with Crippen molar-refractivity contribution in [1.29, 1.82) is 0 Å². The zero-order valence-electron chi connectivity index (χ0n) is 20.6. The average molecular weight is 489 g/mol. The van der Waals surface area contributed by atoms with E-state index in [-0.39, 0.29) is 29.8 Å². The fraction of sp³-hybridized carbons (Fsp3) is 0.536. The Morgan fingerprint density at radius 1 is 1.06 bits per heavy atom. The Bertz CT molecular complexity index is 978. The van der Waals surface area contributed by atoms with E-state index in [2.05, 4.69) is 18.7 Å². The maximum Gasteiger partial charge on any atom is 0.416 e. The summed E-state index contributed by atoms with van der Waals surface area (Å²) in [6, 6.07) is 13.1. The molecule has 0 saturated carbocycles. The Morgan fingerprint density at radius 3 is 2.34 bits per heavy atom. The zero-order valence-corrected chi connectivity index (χ0v) is 20.6. The predicted octanol–water partition coefficient (Wildman–Crippen LogP) is 6.54. The number of alkyl halides is 3. The second-order valence-corrected chi connectivity index (χ2v) is 9.75. The minimum absolute atomic E-state index is 0.0416. The number of unbranched alkanes of at least 4 members (excludes halogenated alkanes) is 1. The summed E-state index contributed by atoms with van der Waals surface area (Å²) in [5.41, 5.74) is 1.19. The summed E-state index contributed by atoms with van der Waals surface area (Å²) in [5.74, 6) is 0.277. The summed E-state index contributed by atoms with van der Waals surface area (Å²) in [4.78, 5) is 17.8. The van der Waals surface area contributed by atoms with Gasteiger partial charge < -0.3 is 9.64 Å². The standard InChI is InChI=1S/C28H35F3N2O2/c1-3-5-15-32(4-2)19-20-9-11-21(12-10-20)27(34)33-23-13-14-24(33)18-26(17-23)35-25-8-6-7-22(16-25)28(29,30)31/h6-12,16,23-24,26H,3-5,13-15,17-19H2,1-2H3/t23-,24-/m0/s1. The molecule has 0 spiro atoms. The molecule has 2 bridgehead atoms. The molecule has 2 aromatic carbocycles. The first-order valence-electron chi connectivity index (χ1n) is 12.8. The van der Waals surface area contributed by atoms with Gasteiger partial charge in [-0.25, -0.2) is 0 Å². The van der Waals surface area contributed by atoms with Gasteiger partial charge in [0.2, 0.25) is 0 Å². The maximum atomic E-state index is 13.4. The number of carbonyl (C=O) groups excluding carboxylic acids is 1. The number of rotatable bonds is 9. The highest BCUT2D eigenvalue weighted by molar-refractivity contribution is 5.95. The Morgan fingerprint density at radius 2 is 1.74 bits per heavy atom. The number of nitrogens with zero attached hydrogens (tertiary/aromatic N) is 2. The van der Waals surface area contributed by atoms with E-state index in [9.17, 15) is 18.0 Å². The summed E-state index contributed by atoms with van der Waals surface area (Å²) in [7, 11) is 0. The number of piperidine rings is 1. The molecular weight excluding hydrogens is 453 g/mol. The highest BCUT2D eigenvalue weighted by Gasteiger charge is 2.44. The van der Waals surface area contributed by atoms with Gasteiger partial charge >= 0.3 is 6.18 Å². The molecule has 4 nitrogen and oxygen atoms in total. The normalized spacial score (nSPS) is 22.0. The van der Waals surface area contributed by atoms with Gasteiger partial charge in [0.1, 0.15) is 11.9 Å². The van der Waals surface area contributed by atoms with E-state index in [0.29, 0.717) is 18.4 Å². The molecule has 0 N–H and O–H groups in total. The summed E-state index contributed by atoms with van der Waals surface area (Å²) in [6.07, 6.45) is 0.854. The monoisotopic (exact) mass is 488 g/mol. The van der Waals surface area contributed by atoms with E-state index >= 15 is 0 Å². The van der Waals surface area contributed by atoms with Gasteiger partial charge in [-0.2, -0.15) is 13.2 Å². The molecule has 190 valence electrons. The highest BCUT2D eigenvalue weighted by atomic mass is 19.4. The molecule has 0 radical (unpaired) electrons. The van der Waals surface area contributed by atoms with Crippen molar-refractivity contribution in [3.05, 3.63) is 65.2 Å². The van der Waals surface area contributed by atoms with Gasteiger partial charge in [-0.15, -0.1) is 0 Å². The summed E-state index contributed by atoms with van der Waals surface area (Å²) < 4.78 is 45.1. The fourth-order valence-electron chi connectivity index (χ4n) is 5.38. The van der Waals surface area contributed by atoms with Crippen molar-refractivity contribution >= 4 is 5.91 Å². The smallest absolute Gasteiger partial charge is 0.416 e. The van der Waals surface area contributed by atoms with E-state index in [1.165, 1.54) is 24.5 Å². The number of hydrogen-bond donors (Lipinski definition) is 0. The second-order valence-electron chi connectivity index (χ2n) is 9.75. The van der Waals surface area contributed by atoms with Crippen molar-refractivity contribution in [1.82, 2.24) is 9.80 Å². The van der Waals surface area contributed by atoms with Crippen molar-refractivity contribution in [3.63, 3.8) is 0 Å². The first-order valence-corrected chi connectivity index (χ1v) is 12.8. The predicted molar refractivity (Wildman–Crippen MR) is 130 cm³/mol. The van der Waals surface area contributed by atoms with Crippen LogP contribution in [0.1, 0.15) is 73.9 Å². The molecule has 2 saturated heterocycles. The summed E-state index contributed by atoms with van der Waals surface area (Å²) in [6.45, 7) is 7.33. The zero-order chi connectivity index (χ0) is 25.0. The Hall–Kier alpha value is -2.54. The lowest BCUT2D eigenvalue weighted by molar-refractivity contribution is -0.137. The van der Waals surface area contributed by atoms with Gasteiger partial charge in [-0.1, -0.05) is 38.5 Å². The number of carbonyl (C=O) groups is 1. The molecule has 2 aliphatic heterocycles. The number of benzene rings is 2. The SMILES string of the molecule is CCCCN(CC)Cc1ccc(C(=O)N2[C@H]3CC[C@H]2CC(Oc2cccc(C(F)(F)F)c2)C3)cc1. The molecule has 2 atom stereocenters. The molecular formula is C28H35F3N2O2. The number of ether oxygens (including phenoxy) is 1. The summed E-state index contributed by atoms with van der Waals surface area (Å²) >= 11 is 0. The molecule has 4 rings (SSSR count). The van der Waals surface area contributed by atoms with Crippen LogP contribution in [-0.2, 0) is 12.7 Å². The molecule has 2 heterocycles. The fourth-order valence-corrected chi connectivity index (χ4v) is 5.38. The highest BCUT2D eigenvalue weighted by Crippen LogP contribution is 2.39. The van der Waals surface area contributed by atoms with Crippen LogP contribution in [-0.4, -0.2) is 47.0 Å². The van der Waals surface area contributed by atoms with Crippen LogP contribution in [0.15, 0.2) is 48.5 Å². The molecule has 7 heteroatoms. The third-order valence-corrected chi connectivity index (χ3v) is 7.27. The molecule has 2 aliphatic rings. The van der Waals surface area contributed by atoms with Gasteiger partial charge in [0.05, 0.1) is 5.56 Å². The van der Waals surface area contributed by atoms with Crippen molar-refractivity contribution in [3.8, 4) is 5.75 Å². The van der Waals surface area contributed by atoms with Crippen molar-refractivity contribution in [2.24, 2.45) is 0 Å². The Balaban J connectivity index is 1.37. The largest absolute Gasteiger partial charge is 0.490 e. The topological polar surface area (TPSA) is 32.8 Å². The van der Waals surface area contributed by atoms with Crippen LogP contribution < -0.4 is 4.74 Å². The molecule has 0 aliphatic carbocycles. The molecule has 1 amide bonds. The molecule has 0 unspecified atom stereocenters. The number of hydrogen-bond acceptors (Lipinski definition) is 3. The van der Waals surface area contributed by atoms with Gasteiger partial charge in [-0.3, -0.25) is 9.69 Å². The molecule has 2 aromatic rings. The Labute approximate surface area is 206 Å². The van der Waals surface area contributed by atoms with Gasteiger partial charge in [-0.05, 0) is 68.2 Å². The minimum Gasteiger partial charge on any atom is -0.490 e. The third kappa shape index (κ3) is 6.18. The van der Waals surface area contributed by atoms with E-state index in [4.69, 9.17) is 4.74 Å². The van der Waals surface area contributed by atoms with Crippen molar-refractivity contribution < 1.29 is 22.7 Å². The van der Waals surface area contributed by atoms with Crippen LogP contribution in [0.25, 0.3) is 0 Å². The first kappa shape index (κ1) is 25.5. The summed E-state index contributed by atoms with van der Waals surface area (Å²) in [5, 5.41) is 0. The lowest BCUT2D eigenvalue weighted by Crippen LogP contribution is -2.49. The average Bonchev–Trinajstić information content (AvgIpc) is 3.11. The third-order valence-electron chi connectivity index (χ3n) is 7.27. The van der Waals surface area contributed by atoms with Crippen molar-refractivity contribution in [2.45, 2.75) is 83.3 Å². The maximum absolute atomic E-state index is 13.4. The van der Waals surface area contributed by atoms with Crippen LogP contribution in [0.5, 0.6) is 5.75 Å². The van der Waals surface area contributed by atoms with Crippen molar-refractivity contribution in [2.75, 3.05) is 13.1 Å². The lowest BCUT2D eigenvalue weighted by Gasteiger charge is -2.39. The van der Waals surface area contributed by atoms with Crippen LogP contribution in [0.3, 0.4) is 0 Å². The van der Waals surface area contributed by atoms with E-state index in [1.807, 2.05) is 29.2 Å². The van der Waals surface area contributed by atoms with Crippen LogP contribution >= 0.6 is 0 Å². The van der Waals surface area contributed by atoms with Crippen LogP contribution in [0, 0.1) is 0 Å². The quantitative estimate of drug-likeness (QED) is 0.402. The van der Waals surface area contributed by atoms with Gasteiger partial charge in [0, 0.05) is 37.0 Å². The van der Waals surface area contributed by atoms with E-state index in [1.54, 1.807) is 6.07 Å². The molecule has 2 fully saturated rings. The van der Waals surface area contributed by atoms with Gasteiger partial charge in [0.25, 0.3) is 5.91 Å². The lowest BCUT2D eigenvalue weighted by atomic mass is 9.98. The number of amides is 1. The number of halogens is 3. The van der Waals surface area contributed by atoms with E-state index < -0.39 is 11.7 Å². The first-order chi connectivity index (χ1) is 16.8.